The maximum atomic E-state index is 12.3. The molecule has 2 unspecified atom stereocenters. The lowest BCUT2D eigenvalue weighted by atomic mass is 10.1. The summed E-state index contributed by atoms with van der Waals surface area (Å²) in [6.45, 7) is 7.57. The fraction of sp³-hybridized carbons (Fsp3) is 0.391. The zero-order chi connectivity index (χ0) is 24.1. The van der Waals surface area contributed by atoms with Gasteiger partial charge in [-0.3, -0.25) is 15.0 Å². The Morgan fingerprint density at radius 3 is 2.48 bits per heavy atom. The Labute approximate surface area is 191 Å². The van der Waals surface area contributed by atoms with Crippen LogP contribution in [0.4, 0.5) is 21.9 Å². The van der Waals surface area contributed by atoms with E-state index >= 15 is 0 Å². The Kier molecular flexibility index (Phi) is 7.37. The predicted molar refractivity (Wildman–Crippen MR) is 124 cm³/mol. The van der Waals surface area contributed by atoms with E-state index in [1.807, 2.05) is 38.1 Å². The van der Waals surface area contributed by atoms with E-state index in [0.717, 1.165) is 17.4 Å². The molecule has 0 aromatic heterocycles. The van der Waals surface area contributed by atoms with Crippen molar-refractivity contribution in [3.8, 4) is 0 Å². The van der Waals surface area contributed by atoms with Crippen molar-refractivity contribution < 1.29 is 24.4 Å². The van der Waals surface area contributed by atoms with E-state index in [2.05, 4.69) is 10.2 Å². The van der Waals surface area contributed by atoms with Crippen LogP contribution in [0.3, 0.4) is 0 Å². The van der Waals surface area contributed by atoms with Crippen molar-refractivity contribution in [2.24, 2.45) is 0 Å². The van der Waals surface area contributed by atoms with E-state index in [4.69, 9.17) is 9.84 Å². The predicted octanol–water partition coefficient (Wildman–Crippen LogP) is 3.96. The van der Waals surface area contributed by atoms with Crippen LogP contribution in [0.15, 0.2) is 42.5 Å². The van der Waals surface area contributed by atoms with Crippen LogP contribution in [0, 0.1) is 10.1 Å². The van der Waals surface area contributed by atoms with E-state index in [1.54, 1.807) is 11.8 Å². The van der Waals surface area contributed by atoms with Gasteiger partial charge >= 0.3 is 12.1 Å². The van der Waals surface area contributed by atoms with E-state index in [9.17, 15) is 19.7 Å². The molecule has 2 aromatic rings. The molecule has 1 saturated heterocycles. The van der Waals surface area contributed by atoms with Crippen LogP contribution in [-0.4, -0.2) is 58.8 Å². The standard InChI is InChI=1S/C23H28N4O6/c1-4-33-23(30)26-15(2)13-25(14-16(26)3)20-7-5-6-19(11-20)24-12-18-9-8-17(22(28)29)10-21(18)27(31)32/h5-11,15-16,24H,4,12-14H2,1-3H3,(H,28,29). The van der Waals surface area contributed by atoms with Crippen molar-refractivity contribution in [2.45, 2.75) is 39.4 Å². The highest BCUT2D eigenvalue weighted by Crippen LogP contribution is 2.27. The summed E-state index contributed by atoms with van der Waals surface area (Å²) < 4.78 is 5.18. The largest absolute Gasteiger partial charge is 0.478 e. The lowest BCUT2D eigenvalue weighted by molar-refractivity contribution is -0.385. The Balaban J connectivity index is 1.72. The van der Waals surface area contributed by atoms with Crippen molar-refractivity contribution in [1.82, 2.24) is 4.90 Å². The van der Waals surface area contributed by atoms with Crippen molar-refractivity contribution >= 4 is 29.1 Å². The number of nitro benzene ring substituents is 1. The molecular formula is C23H28N4O6. The average molecular weight is 456 g/mol. The maximum absolute atomic E-state index is 12.3. The number of hydrogen-bond acceptors (Lipinski definition) is 7. The first-order valence-electron chi connectivity index (χ1n) is 10.8. The third-order valence-corrected chi connectivity index (χ3v) is 5.62. The van der Waals surface area contributed by atoms with E-state index in [-0.39, 0.29) is 36.0 Å². The van der Waals surface area contributed by atoms with Crippen molar-refractivity contribution in [3.63, 3.8) is 0 Å². The molecule has 0 bridgehead atoms. The van der Waals surface area contributed by atoms with Gasteiger partial charge in [0.25, 0.3) is 5.69 Å². The lowest BCUT2D eigenvalue weighted by Gasteiger charge is -2.44. The van der Waals surface area contributed by atoms with Gasteiger partial charge in [0, 0.05) is 42.6 Å². The number of nitrogens with zero attached hydrogens (tertiary/aromatic N) is 3. The number of nitro groups is 1. The number of benzene rings is 2. The number of aromatic carboxylic acids is 1. The van der Waals surface area contributed by atoms with Crippen molar-refractivity contribution in [1.29, 1.82) is 0 Å². The summed E-state index contributed by atoms with van der Waals surface area (Å²) in [6.07, 6.45) is -0.303. The first-order chi connectivity index (χ1) is 15.7. The van der Waals surface area contributed by atoms with E-state index in [0.29, 0.717) is 25.3 Å². The fourth-order valence-electron chi connectivity index (χ4n) is 4.12. The molecule has 2 aromatic carbocycles. The zero-order valence-corrected chi connectivity index (χ0v) is 18.9. The molecule has 2 N–H and O–H groups in total. The molecule has 176 valence electrons. The Hall–Kier alpha value is -3.82. The number of piperazine rings is 1. The van der Waals surface area contributed by atoms with Crippen molar-refractivity contribution in [3.05, 3.63) is 63.7 Å². The lowest BCUT2D eigenvalue weighted by Crippen LogP contribution is -2.58. The number of nitrogens with one attached hydrogen (secondary N) is 1. The quantitative estimate of drug-likeness (QED) is 0.474. The van der Waals surface area contributed by atoms with Gasteiger partial charge in [0.2, 0.25) is 0 Å². The van der Waals surface area contributed by atoms with Gasteiger partial charge in [-0.25, -0.2) is 9.59 Å². The molecule has 0 saturated carbocycles. The van der Waals surface area contributed by atoms with Gasteiger partial charge in [-0.2, -0.15) is 0 Å². The molecule has 1 fully saturated rings. The van der Waals surface area contributed by atoms with Gasteiger partial charge in [0.1, 0.15) is 0 Å². The summed E-state index contributed by atoms with van der Waals surface area (Å²) in [6, 6.07) is 11.5. The number of hydrogen-bond donors (Lipinski definition) is 2. The zero-order valence-electron chi connectivity index (χ0n) is 18.9. The molecule has 1 amide bonds. The van der Waals surface area contributed by atoms with Crippen LogP contribution in [0.2, 0.25) is 0 Å². The number of carbonyl (C=O) groups excluding carboxylic acids is 1. The van der Waals surface area contributed by atoms with Crippen LogP contribution in [-0.2, 0) is 11.3 Å². The highest BCUT2D eigenvalue weighted by Gasteiger charge is 2.33. The second kappa shape index (κ2) is 10.2. The molecule has 3 rings (SSSR count). The van der Waals surface area contributed by atoms with Gasteiger partial charge in [-0.05, 0) is 51.1 Å². The second-order valence-electron chi connectivity index (χ2n) is 8.02. The molecule has 2 atom stereocenters. The minimum Gasteiger partial charge on any atom is -0.478 e. The van der Waals surface area contributed by atoms with Crippen LogP contribution in [0.25, 0.3) is 0 Å². The first-order valence-corrected chi connectivity index (χ1v) is 10.8. The molecule has 0 spiro atoms. The van der Waals surface area contributed by atoms with Crippen LogP contribution in [0.5, 0.6) is 0 Å². The molecule has 1 aliphatic heterocycles. The number of carboxylic acids is 1. The SMILES string of the molecule is CCOC(=O)N1C(C)CN(c2cccc(NCc3ccc(C(=O)O)cc3[N+](=O)[O-])c2)CC1C. The molecular weight excluding hydrogens is 428 g/mol. The molecule has 1 heterocycles. The smallest absolute Gasteiger partial charge is 0.410 e. The third kappa shape index (κ3) is 5.51. The minimum atomic E-state index is -1.21. The van der Waals surface area contributed by atoms with E-state index < -0.39 is 10.9 Å². The number of rotatable bonds is 7. The van der Waals surface area contributed by atoms with Gasteiger partial charge in [-0.15, -0.1) is 0 Å². The number of carboxylic acid groups (broad SMARTS) is 1. The summed E-state index contributed by atoms with van der Waals surface area (Å²) in [5.74, 6) is -1.21. The molecule has 0 aliphatic carbocycles. The topological polar surface area (TPSA) is 125 Å². The summed E-state index contributed by atoms with van der Waals surface area (Å²) >= 11 is 0. The Bertz CT molecular complexity index is 1030. The van der Waals surface area contributed by atoms with Gasteiger partial charge in [0.15, 0.2) is 0 Å². The third-order valence-electron chi connectivity index (χ3n) is 5.62. The number of ether oxygens (including phenoxy) is 1. The fourth-order valence-corrected chi connectivity index (χ4v) is 4.12. The number of carbonyl (C=O) groups is 2. The van der Waals surface area contributed by atoms with Crippen LogP contribution < -0.4 is 10.2 Å². The first kappa shape index (κ1) is 23.8. The van der Waals surface area contributed by atoms with Gasteiger partial charge in [-0.1, -0.05) is 6.07 Å². The number of anilines is 2. The molecule has 0 radical (unpaired) electrons. The van der Waals surface area contributed by atoms with Gasteiger partial charge in [0.05, 0.1) is 29.2 Å². The maximum Gasteiger partial charge on any atom is 0.410 e. The number of amides is 1. The highest BCUT2D eigenvalue weighted by molar-refractivity contribution is 5.88. The highest BCUT2D eigenvalue weighted by atomic mass is 16.6. The molecule has 10 heteroatoms. The summed E-state index contributed by atoms with van der Waals surface area (Å²) in [7, 11) is 0. The Morgan fingerprint density at radius 1 is 1.18 bits per heavy atom. The summed E-state index contributed by atoms with van der Waals surface area (Å²) in [5.41, 5.74) is 1.77. The minimum absolute atomic E-state index is 0.0279. The second-order valence-corrected chi connectivity index (χ2v) is 8.02. The molecule has 10 nitrogen and oxygen atoms in total. The Morgan fingerprint density at radius 2 is 1.88 bits per heavy atom. The summed E-state index contributed by atoms with van der Waals surface area (Å²) in [4.78, 5) is 38.2. The summed E-state index contributed by atoms with van der Waals surface area (Å²) in [5, 5.41) is 23.7. The normalized spacial score (nSPS) is 18.0. The average Bonchev–Trinajstić information content (AvgIpc) is 2.77. The molecule has 33 heavy (non-hydrogen) atoms. The van der Waals surface area contributed by atoms with Crippen LogP contribution in [0.1, 0.15) is 36.7 Å². The van der Waals surface area contributed by atoms with Gasteiger partial charge < -0.3 is 20.1 Å². The monoisotopic (exact) mass is 456 g/mol. The van der Waals surface area contributed by atoms with Crippen molar-refractivity contribution in [2.75, 3.05) is 29.9 Å². The van der Waals surface area contributed by atoms with E-state index in [1.165, 1.54) is 12.1 Å². The van der Waals surface area contributed by atoms with Crippen LogP contribution >= 0.6 is 0 Å². The molecule has 1 aliphatic rings.